The Hall–Kier alpha value is -1.30. The van der Waals surface area contributed by atoms with Gasteiger partial charge in [-0.25, -0.2) is 0 Å². The van der Waals surface area contributed by atoms with Gasteiger partial charge in [-0.15, -0.1) is 0 Å². The molecular weight excluding hydrogens is 316 g/mol. The monoisotopic (exact) mass is 340 g/mol. The van der Waals surface area contributed by atoms with Crippen molar-refractivity contribution in [3.63, 3.8) is 0 Å². The third kappa shape index (κ3) is 5.37. The summed E-state index contributed by atoms with van der Waals surface area (Å²) in [5.74, 6) is 0.561. The van der Waals surface area contributed by atoms with E-state index in [0.717, 1.165) is 31.5 Å². The summed E-state index contributed by atoms with van der Waals surface area (Å²) in [4.78, 5) is 12.1. The summed E-state index contributed by atoms with van der Waals surface area (Å²) in [5, 5.41) is 6.98. The van der Waals surface area contributed by atoms with Crippen molar-refractivity contribution in [1.82, 2.24) is 10.6 Å². The van der Waals surface area contributed by atoms with Crippen molar-refractivity contribution in [2.24, 2.45) is 5.41 Å². The largest absolute Gasteiger partial charge is 0.484 e. The standard InChI is InChI=1S/C17H25ClN2O3/c1-13-9-14(18)3-4-15(13)23-10-16(21)20-11-17(12-22-2)5-7-19-8-6-17/h3-4,9,19H,5-8,10-12H2,1-2H3,(H,20,21). The molecular formula is C17H25ClN2O3. The molecule has 0 aliphatic carbocycles. The number of halogens is 1. The van der Waals surface area contributed by atoms with Gasteiger partial charge in [-0.3, -0.25) is 4.79 Å². The molecule has 0 spiro atoms. The van der Waals surface area contributed by atoms with Crippen molar-refractivity contribution in [2.45, 2.75) is 19.8 Å². The SMILES string of the molecule is COCC1(CNC(=O)COc2ccc(Cl)cc2C)CCNCC1. The smallest absolute Gasteiger partial charge is 0.257 e. The second kappa shape index (κ2) is 8.52. The number of benzene rings is 1. The van der Waals surface area contributed by atoms with Crippen LogP contribution in [0.3, 0.4) is 0 Å². The lowest BCUT2D eigenvalue weighted by molar-refractivity contribution is -0.124. The normalized spacial score (nSPS) is 16.8. The van der Waals surface area contributed by atoms with Crippen LogP contribution in [0.5, 0.6) is 5.75 Å². The molecule has 0 unspecified atom stereocenters. The highest BCUT2D eigenvalue weighted by atomic mass is 35.5. The second-order valence-electron chi connectivity index (χ2n) is 6.16. The van der Waals surface area contributed by atoms with E-state index in [2.05, 4.69) is 10.6 Å². The van der Waals surface area contributed by atoms with Crippen LogP contribution in [0.1, 0.15) is 18.4 Å². The van der Waals surface area contributed by atoms with E-state index in [4.69, 9.17) is 21.1 Å². The number of carbonyl (C=O) groups excluding carboxylic acids is 1. The second-order valence-corrected chi connectivity index (χ2v) is 6.59. The minimum Gasteiger partial charge on any atom is -0.484 e. The molecule has 2 N–H and O–H groups in total. The lowest BCUT2D eigenvalue weighted by Crippen LogP contribution is -2.47. The number of rotatable bonds is 7. The van der Waals surface area contributed by atoms with Gasteiger partial charge in [0, 0.05) is 24.1 Å². The Morgan fingerprint density at radius 2 is 2.13 bits per heavy atom. The minimum absolute atomic E-state index is 0.00375. The van der Waals surface area contributed by atoms with Crippen LogP contribution in [0.2, 0.25) is 5.02 Å². The highest BCUT2D eigenvalue weighted by Gasteiger charge is 2.32. The zero-order valence-electron chi connectivity index (χ0n) is 13.8. The summed E-state index contributed by atoms with van der Waals surface area (Å²) >= 11 is 5.91. The number of hydrogen-bond acceptors (Lipinski definition) is 4. The summed E-state index contributed by atoms with van der Waals surface area (Å²) in [6.45, 7) is 5.10. The summed E-state index contributed by atoms with van der Waals surface area (Å²) < 4.78 is 10.9. The maximum atomic E-state index is 12.1. The summed E-state index contributed by atoms with van der Waals surface area (Å²) in [6.07, 6.45) is 2.00. The van der Waals surface area contributed by atoms with Gasteiger partial charge >= 0.3 is 0 Å². The fourth-order valence-electron chi connectivity index (χ4n) is 2.89. The fraction of sp³-hybridized carbons (Fsp3) is 0.588. The quantitative estimate of drug-likeness (QED) is 0.798. The van der Waals surface area contributed by atoms with Crippen molar-refractivity contribution in [3.05, 3.63) is 28.8 Å². The zero-order chi connectivity index (χ0) is 16.7. The first-order valence-corrected chi connectivity index (χ1v) is 8.28. The molecule has 2 rings (SSSR count). The maximum absolute atomic E-state index is 12.1. The average molecular weight is 341 g/mol. The molecule has 1 amide bonds. The molecule has 0 aromatic heterocycles. The van der Waals surface area contributed by atoms with Crippen molar-refractivity contribution >= 4 is 17.5 Å². The summed E-state index contributed by atoms with van der Waals surface area (Å²) in [5.41, 5.74) is 0.936. The van der Waals surface area contributed by atoms with Gasteiger partial charge in [0.2, 0.25) is 0 Å². The van der Waals surface area contributed by atoms with E-state index in [1.807, 2.05) is 13.0 Å². The van der Waals surface area contributed by atoms with Gasteiger partial charge in [-0.05, 0) is 56.6 Å². The number of nitrogens with one attached hydrogen (secondary N) is 2. The predicted molar refractivity (Wildman–Crippen MR) is 91.1 cm³/mol. The van der Waals surface area contributed by atoms with E-state index in [1.54, 1.807) is 19.2 Å². The van der Waals surface area contributed by atoms with Gasteiger partial charge in [-0.2, -0.15) is 0 Å². The number of hydrogen-bond donors (Lipinski definition) is 2. The lowest BCUT2D eigenvalue weighted by Gasteiger charge is -2.37. The van der Waals surface area contributed by atoms with Crippen LogP contribution in [-0.2, 0) is 9.53 Å². The molecule has 1 aromatic rings. The number of aryl methyl sites for hydroxylation is 1. The van der Waals surface area contributed by atoms with Gasteiger partial charge in [0.15, 0.2) is 6.61 Å². The van der Waals surface area contributed by atoms with Crippen LogP contribution in [0.15, 0.2) is 18.2 Å². The van der Waals surface area contributed by atoms with Gasteiger partial charge in [-0.1, -0.05) is 11.6 Å². The Labute approximate surface area is 142 Å². The van der Waals surface area contributed by atoms with Gasteiger partial charge in [0.05, 0.1) is 6.61 Å². The molecule has 23 heavy (non-hydrogen) atoms. The predicted octanol–water partition coefficient (Wildman–Crippen LogP) is 2.16. The number of ether oxygens (including phenoxy) is 2. The van der Waals surface area contributed by atoms with Crippen molar-refractivity contribution in [2.75, 3.05) is 40.0 Å². The van der Waals surface area contributed by atoms with Crippen molar-refractivity contribution in [3.8, 4) is 5.75 Å². The number of methoxy groups -OCH3 is 1. The first-order valence-electron chi connectivity index (χ1n) is 7.90. The van der Waals surface area contributed by atoms with Gasteiger partial charge < -0.3 is 20.1 Å². The first-order chi connectivity index (χ1) is 11.0. The molecule has 6 heteroatoms. The minimum atomic E-state index is -0.117. The molecule has 1 heterocycles. The van der Waals surface area contributed by atoms with Crippen LogP contribution in [0.25, 0.3) is 0 Å². The molecule has 1 aromatic carbocycles. The highest BCUT2D eigenvalue weighted by molar-refractivity contribution is 6.30. The van der Waals surface area contributed by atoms with Crippen molar-refractivity contribution < 1.29 is 14.3 Å². The Bertz CT molecular complexity index is 525. The average Bonchev–Trinajstić information content (AvgIpc) is 2.53. The molecule has 0 saturated carbocycles. The Morgan fingerprint density at radius 1 is 1.39 bits per heavy atom. The van der Waals surface area contributed by atoms with Gasteiger partial charge in [0.1, 0.15) is 5.75 Å². The zero-order valence-corrected chi connectivity index (χ0v) is 14.5. The highest BCUT2D eigenvalue weighted by Crippen LogP contribution is 2.28. The fourth-order valence-corrected chi connectivity index (χ4v) is 3.12. The first kappa shape index (κ1) is 18.0. The summed E-state index contributed by atoms with van der Waals surface area (Å²) in [7, 11) is 1.71. The Balaban J connectivity index is 1.81. The molecule has 1 aliphatic rings. The van der Waals surface area contributed by atoms with Crippen LogP contribution < -0.4 is 15.4 Å². The van der Waals surface area contributed by atoms with Crippen LogP contribution >= 0.6 is 11.6 Å². The third-order valence-corrected chi connectivity index (χ3v) is 4.51. The molecule has 1 fully saturated rings. The van der Waals surface area contributed by atoms with Crippen LogP contribution in [0.4, 0.5) is 0 Å². The van der Waals surface area contributed by atoms with E-state index >= 15 is 0 Å². The molecule has 5 nitrogen and oxygen atoms in total. The topological polar surface area (TPSA) is 59.6 Å². The molecule has 0 atom stereocenters. The Kier molecular flexibility index (Phi) is 6.69. The molecule has 0 bridgehead atoms. The van der Waals surface area contributed by atoms with Gasteiger partial charge in [0.25, 0.3) is 5.91 Å². The lowest BCUT2D eigenvalue weighted by atomic mass is 9.79. The van der Waals surface area contributed by atoms with Crippen molar-refractivity contribution in [1.29, 1.82) is 0 Å². The van der Waals surface area contributed by atoms with Crippen LogP contribution in [0, 0.1) is 12.3 Å². The number of carbonyl (C=O) groups is 1. The molecule has 1 saturated heterocycles. The Morgan fingerprint density at radius 3 is 2.78 bits per heavy atom. The van der Waals surface area contributed by atoms with E-state index in [0.29, 0.717) is 23.9 Å². The number of amides is 1. The van der Waals surface area contributed by atoms with E-state index < -0.39 is 0 Å². The summed E-state index contributed by atoms with van der Waals surface area (Å²) in [6, 6.07) is 5.35. The van der Waals surface area contributed by atoms with E-state index in [9.17, 15) is 4.79 Å². The molecule has 0 radical (unpaired) electrons. The molecule has 1 aliphatic heterocycles. The van der Waals surface area contributed by atoms with E-state index in [1.165, 1.54) is 0 Å². The third-order valence-electron chi connectivity index (χ3n) is 4.27. The maximum Gasteiger partial charge on any atom is 0.257 e. The molecule has 128 valence electrons. The number of piperidine rings is 1. The van der Waals surface area contributed by atoms with E-state index in [-0.39, 0.29) is 17.9 Å². The van der Waals surface area contributed by atoms with Crippen LogP contribution in [-0.4, -0.2) is 45.9 Å².